The second kappa shape index (κ2) is 6.59. The zero-order valence-corrected chi connectivity index (χ0v) is 12.0. The van der Waals surface area contributed by atoms with Crippen LogP contribution in [0, 0.1) is 12.3 Å². The van der Waals surface area contributed by atoms with Crippen LogP contribution < -0.4 is 5.32 Å². The molecule has 1 atom stereocenters. The van der Waals surface area contributed by atoms with Gasteiger partial charge in [-0.25, -0.2) is 4.79 Å². The molecule has 0 aliphatic rings. The molecule has 0 bridgehead atoms. The van der Waals surface area contributed by atoms with Gasteiger partial charge in [0.2, 0.25) is 0 Å². The fraction of sp³-hybridized carbons (Fsp3) is 0.111. The summed E-state index contributed by atoms with van der Waals surface area (Å²) < 4.78 is 0. The maximum absolute atomic E-state index is 12.2. The first kappa shape index (κ1) is 15.3. The van der Waals surface area contributed by atoms with Crippen LogP contribution in [-0.4, -0.2) is 17.0 Å². The van der Waals surface area contributed by atoms with Crippen LogP contribution in [0.1, 0.15) is 44.8 Å². The monoisotopic (exact) mass is 293 g/mol. The Morgan fingerprint density at radius 1 is 1.14 bits per heavy atom. The van der Waals surface area contributed by atoms with E-state index in [1.165, 1.54) is 6.07 Å². The van der Waals surface area contributed by atoms with Crippen molar-refractivity contribution in [1.29, 1.82) is 0 Å². The van der Waals surface area contributed by atoms with E-state index in [0.717, 1.165) is 0 Å². The molecule has 0 saturated carbocycles. The molecule has 0 aliphatic heterocycles. The summed E-state index contributed by atoms with van der Waals surface area (Å²) in [6.07, 6.45) is 5.27. The molecule has 110 valence electrons. The van der Waals surface area contributed by atoms with Gasteiger partial charge in [0.15, 0.2) is 0 Å². The van der Waals surface area contributed by atoms with Crippen molar-refractivity contribution in [2.24, 2.45) is 0 Å². The first-order valence-corrected chi connectivity index (χ1v) is 6.72. The van der Waals surface area contributed by atoms with Crippen LogP contribution in [0.5, 0.6) is 0 Å². The first-order valence-electron chi connectivity index (χ1n) is 6.72. The summed E-state index contributed by atoms with van der Waals surface area (Å²) in [6.45, 7) is 1.75. The standard InChI is InChI=1S/C18H15NO3/c1-3-13-8-10-14(11-9-13)17(20)19-12(2)15-6-4-5-7-16(15)18(21)22/h1,4-12H,2H3,(H,19,20)(H,21,22). The summed E-state index contributed by atoms with van der Waals surface area (Å²) in [6, 6.07) is 12.8. The maximum Gasteiger partial charge on any atom is 0.336 e. The molecule has 0 saturated heterocycles. The number of carboxylic acid groups (broad SMARTS) is 1. The molecule has 2 rings (SSSR count). The number of hydrogen-bond acceptors (Lipinski definition) is 2. The Kier molecular flexibility index (Phi) is 4.60. The fourth-order valence-corrected chi connectivity index (χ4v) is 2.14. The average molecular weight is 293 g/mol. The Morgan fingerprint density at radius 2 is 1.77 bits per heavy atom. The first-order chi connectivity index (χ1) is 10.5. The summed E-state index contributed by atoms with van der Waals surface area (Å²) in [5.74, 6) is 1.18. The summed E-state index contributed by atoms with van der Waals surface area (Å²) >= 11 is 0. The third-order valence-corrected chi connectivity index (χ3v) is 3.32. The Hall–Kier alpha value is -3.06. The van der Waals surface area contributed by atoms with Gasteiger partial charge in [-0.2, -0.15) is 0 Å². The van der Waals surface area contributed by atoms with Gasteiger partial charge in [0, 0.05) is 11.1 Å². The predicted octanol–water partition coefficient (Wildman–Crippen LogP) is 2.86. The predicted molar refractivity (Wildman–Crippen MR) is 83.7 cm³/mol. The lowest BCUT2D eigenvalue weighted by atomic mass is 10.0. The number of terminal acetylenes is 1. The van der Waals surface area contributed by atoms with Crippen LogP contribution in [0.15, 0.2) is 48.5 Å². The number of hydrogen-bond donors (Lipinski definition) is 2. The van der Waals surface area contributed by atoms with Gasteiger partial charge in [0.1, 0.15) is 0 Å². The molecule has 0 spiro atoms. The zero-order valence-electron chi connectivity index (χ0n) is 12.0. The van der Waals surface area contributed by atoms with Crippen LogP contribution in [0.4, 0.5) is 0 Å². The lowest BCUT2D eigenvalue weighted by molar-refractivity contribution is 0.0693. The van der Waals surface area contributed by atoms with E-state index in [2.05, 4.69) is 11.2 Å². The number of carbonyl (C=O) groups excluding carboxylic acids is 1. The van der Waals surface area contributed by atoms with Crippen LogP contribution in [-0.2, 0) is 0 Å². The minimum Gasteiger partial charge on any atom is -0.478 e. The lowest BCUT2D eigenvalue weighted by Crippen LogP contribution is -2.27. The topological polar surface area (TPSA) is 66.4 Å². The smallest absolute Gasteiger partial charge is 0.336 e. The molecule has 2 aromatic rings. The van der Waals surface area contributed by atoms with E-state index in [1.54, 1.807) is 49.4 Å². The molecule has 0 aliphatic carbocycles. The van der Waals surface area contributed by atoms with Crippen molar-refractivity contribution < 1.29 is 14.7 Å². The highest BCUT2D eigenvalue weighted by Crippen LogP contribution is 2.18. The number of amides is 1. The number of benzene rings is 2. The van der Waals surface area contributed by atoms with Crippen molar-refractivity contribution in [3.8, 4) is 12.3 Å². The van der Waals surface area contributed by atoms with Gasteiger partial charge in [0.05, 0.1) is 11.6 Å². The molecule has 4 nitrogen and oxygen atoms in total. The number of nitrogens with one attached hydrogen (secondary N) is 1. The molecule has 0 fully saturated rings. The van der Waals surface area contributed by atoms with Crippen molar-refractivity contribution in [2.75, 3.05) is 0 Å². The van der Waals surface area contributed by atoms with Crippen molar-refractivity contribution in [3.63, 3.8) is 0 Å². The van der Waals surface area contributed by atoms with Gasteiger partial charge < -0.3 is 10.4 Å². The summed E-state index contributed by atoms with van der Waals surface area (Å²) in [5, 5.41) is 12.0. The molecule has 2 aromatic carbocycles. The van der Waals surface area contributed by atoms with Gasteiger partial charge in [-0.15, -0.1) is 6.42 Å². The molecule has 22 heavy (non-hydrogen) atoms. The third-order valence-electron chi connectivity index (χ3n) is 3.32. The molecule has 1 unspecified atom stereocenters. The van der Waals surface area contributed by atoms with Gasteiger partial charge in [-0.3, -0.25) is 4.79 Å². The highest BCUT2D eigenvalue weighted by molar-refractivity contribution is 5.95. The molecule has 0 aromatic heterocycles. The number of rotatable bonds is 4. The number of carbonyl (C=O) groups is 2. The summed E-state index contributed by atoms with van der Waals surface area (Å²) in [7, 11) is 0. The normalized spacial score (nSPS) is 11.3. The minimum absolute atomic E-state index is 0.179. The number of carboxylic acids is 1. The van der Waals surface area contributed by atoms with E-state index in [1.807, 2.05) is 0 Å². The van der Waals surface area contributed by atoms with Crippen LogP contribution in [0.25, 0.3) is 0 Å². The molecular weight excluding hydrogens is 278 g/mol. The molecule has 0 radical (unpaired) electrons. The third kappa shape index (κ3) is 3.33. The Bertz CT molecular complexity index is 742. The quantitative estimate of drug-likeness (QED) is 0.852. The van der Waals surface area contributed by atoms with E-state index in [9.17, 15) is 14.7 Å². The van der Waals surface area contributed by atoms with E-state index >= 15 is 0 Å². The Morgan fingerprint density at radius 3 is 2.36 bits per heavy atom. The maximum atomic E-state index is 12.2. The molecule has 0 heterocycles. The van der Waals surface area contributed by atoms with E-state index < -0.39 is 12.0 Å². The van der Waals surface area contributed by atoms with Crippen LogP contribution >= 0.6 is 0 Å². The van der Waals surface area contributed by atoms with Gasteiger partial charge in [0.25, 0.3) is 5.91 Å². The lowest BCUT2D eigenvalue weighted by Gasteiger charge is -2.16. The van der Waals surface area contributed by atoms with Crippen LogP contribution in [0.3, 0.4) is 0 Å². The average Bonchev–Trinajstić information content (AvgIpc) is 2.54. The zero-order chi connectivity index (χ0) is 16.1. The number of aromatic carboxylic acids is 1. The Balaban J connectivity index is 2.18. The van der Waals surface area contributed by atoms with E-state index in [-0.39, 0.29) is 11.5 Å². The molecule has 1 amide bonds. The summed E-state index contributed by atoms with van der Waals surface area (Å²) in [5.41, 5.74) is 1.90. The highest BCUT2D eigenvalue weighted by atomic mass is 16.4. The second-order valence-corrected chi connectivity index (χ2v) is 4.81. The van der Waals surface area contributed by atoms with Gasteiger partial charge >= 0.3 is 5.97 Å². The molecule has 4 heteroatoms. The Labute approximate surface area is 128 Å². The largest absolute Gasteiger partial charge is 0.478 e. The van der Waals surface area contributed by atoms with Crippen molar-refractivity contribution in [1.82, 2.24) is 5.32 Å². The second-order valence-electron chi connectivity index (χ2n) is 4.81. The van der Waals surface area contributed by atoms with Crippen molar-refractivity contribution in [2.45, 2.75) is 13.0 Å². The molecular formula is C18H15NO3. The van der Waals surface area contributed by atoms with E-state index in [0.29, 0.717) is 16.7 Å². The van der Waals surface area contributed by atoms with Gasteiger partial charge in [-0.1, -0.05) is 24.1 Å². The van der Waals surface area contributed by atoms with Crippen LogP contribution in [0.2, 0.25) is 0 Å². The van der Waals surface area contributed by atoms with Gasteiger partial charge in [-0.05, 0) is 42.8 Å². The fourth-order valence-electron chi connectivity index (χ4n) is 2.14. The molecule has 2 N–H and O–H groups in total. The van der Waals surface area contributed by atoms with Crippen molar-refractivity contribution in [3.05, 3.63) is 70.8 Å². The SMILES string of the molecule is C#Cc1ccc(C(=O)NC(C)c2ccccc2C(=O)O)cc1. The summed E-state index contributed by atoms with van der Waals surface area (Å²) in [4.78, 5) is 23.4. The minimum atomic E-state index is -1.02. The van der Waals surface area contributed by atoms with Crippen molar-refractivity contribution >= 4 is 11.9 Å². The highest BCUT2D eigenvalue weighted by Gasteiger charge is 2.17. The van der Waals surface area contributed by atoms with E-state index in [4.69, 9.17) is 6.42 Å².